The quantitative estimate of drug-likeness (QED) is 0.704. The van der Waals surface area contributed by atoms with E-state index in [-0.39, 0.29) is 8.96 Å². The van der Waals surface area contributed by atoms with E-state index in [2.05, 4.69) is 4.52 Å². The molecule has 20 heavy (non-hydrogen) atoms. The second kappa shape index (κ2) is 7.84. The van der Waals surface area contributed by atoms with E-state index in [9.17, 15) is 0 Å². The first-order valence-electron chi connectivity index (χ1n) is 5.97. The molecule has 2 rings (SSSR count). The van der Waals surface area contributed by atoms with Gasteiger partial charge in [0.15, 0.2) is 0 Å². The average molecular weight is 307 g/mol. The van der Waals surface area contributed by atoms with Crippen molar-refractivity contribution >= 4 is 17.6 Å². The number of rotatable bonds is 6. The van der Waals surface area contributed by atoms with E-state index in [0.717, 1.165) is 17.2 Å². The van der Waals surface area contributed by atoms with Gasteiger partial charge < -0.3 is 13.8 Å². The Kier molecular flexibility index (Phi) is 5.79. The van der Waals surface area contributed by atoms with Crippen LogP contribution in [0.2, 0.25) is 0 Å². The number of ether oxygens (including phenoxy) is 1. The van der Waals surface area contributed by atoms with Crippen LogP contribution in [-0.2, 0) is 0 Å². The highest BCUT2D eigenvalue weighted by atomic mass is 31.1. The molecule has 0 saturated carbocycles. The van der Waals surface area contributed by atoms with Gasteiger partial charge in [-0.2, -0.15) is 4.52 Å². The highest BCUT2D eigenvalue weighted by Gasteiger charge is 1.94. The second-order valence-electron chi connectivity index (χ2n) is 3.95. The maximum absolute atomic E-state index is 5.49. The van der Waals surface area contributed by atoms with Gasteiger partial charge in [-0.3, -0.25) is 0 Å². The Morgan fingerprint density at radius 2 is 1.50 bits per heavy atom. The SMILES string of the molecule is COc1ccc(OP=NPOc2ccc(C)cc2)cc1. The van der Waals surface area contributed by atoms with E-state index >= 15 is 0 Å². The van der Waals surface area contributed by atoms with Crippen LogP contribution in [0.4, 0.5) is 0 Å². The van der Waals surface area contributed by atoms with Crippen molar-refractivity contribution in [2.24, 2.45) is 4.52 Å². The molecular weight excluding hydrogens is 292 g/mol. The Balaban J connectivity index is 1.74. The van der Waals surface area contributed by atoms with E-state index in [1.54, 1.807) is 7.11 Å². The molecule has 0 aliphatic heterocycles. The van der Waals surface area contributed by atoms with Crippen LogP contribution < -0.4 is 13.8 Å². The number of benzene rings is 2. The molecule has 0 fully saturated rings. The van der Waals surface area contributed by atoms with Crippen LogP contribution in [0.15, 0.2) is 53.0 Å². The van der Waals surface area contributed by atoms with E-state index in [4.69, 9.17) is 13.8 Å². The van der Waals surface area contributed by atoms with Gasteiger partial charge in [-0.25, -0.2) is 0 Å². The lowest BCUT2D eigenvalue weighted by Gasteiger charge is -2.02. The first-order chi connectivity index (χ1) is 9.78. The third-order valence-electron chi connectivity index (χ3n) is 2.47. The summed E-state index contributed by atoms with van der Waals surface area (Å²) in [6, 6.07) is 15.2. The molecule has 0 amide bonds. The summed E-state index contributed by atoms with van der Waals surface area (Å²) in [5.74, 6) is 2.37. The summed E-state index contributed by atoms with van der Waals surface area (Å²) in [5.41, 5.74) is 1.21. The fourth-order valence-electron chi connectivity index (χ4n) is 1.40. The molecule has 0 saturated heterocycles. The Bertz CT molecular complexity index is 556. The molecule has 104 valence electrons. The number of hydrogen-bond donors (Lipinski definition) is 0. The summed E-state index contributed by atoms with van der Waals surface area (Å²) in [6.45, 7) is 2.04. The first kappa shape index (κ1) is 14.8. The minimum atomic E-state index is 0.0188. The second-order valence-corrected chi connectivity index (χ2v) is 5.49. The Hall–Kier alpha value is -1.63. The topological polar surface area (TPSA) is 40.0 Å². The van der Waals surface area contributed by atoms with Gasteiger partial charge in [-0.05, 0) is 43.3 Å². The summed E-state index contributed by atoms with van der Waals surface area (Å²) in [6.07, 6.45) is 0. The molecular formula is C14H15NO3P2. The van der Waals surface area contributed by atoms with Gasteiger partial charge in [0.2, 0.25) is 17.6 Å². The van der Waals surface area contributed by atoms with Crippen molar-refractivity contribution in [3.05, 3.63) is 54.1 Å². The molecule has 2 aromatic carbocycles. The number of methoxy groups -OCH3 is 1. The standard InChI is InChI=1S/C14H15NO3P2/c1-11-3-5-13(6-4-11)17-19-15-20-18-14-9-7-12(16-2)8-10-14/h3-10,19H,1-2H3. The van der Waals surface area contributed by atoms with Crippen molar-refractivity contribution in [1.82, 2.24) is 0 Å². The predicted octanol–water partition coefficient (Wildman–Crippen LogP) is 5.01. The van der Waals surface area contributed by atoms with Crippen LogP contribution in [0.25, 0.3) is 0 Å². The van der Waals surface area contributed by atoms with Crippen molar-refractivity contribution in [2.45, 2.75) is 6.92 Å². The summed E-state index contributed by atoms with van der Waals surface area (Å²) in [5, 5.41) is 0. The van der Waals surface area contributed by atoms with Crippen LogP contribution in [0, 0.1) is 6.92 Å². The minimum absolute atomic E-state index is 0.0188. The Morgan fingerprint density at radius 1 is 0.900 bits per heavy atom. The fraction of sp³-hybridized carbons (Fsp3) is 0.143. The summed E-state index contributed by atoms with van der Waals surface area (Å²) in [7, 11) is 2.17. The van der Waals surface area contributed by atoms with Gasteiger partial charge >= 0.3 is 0 Å². The monoisotopic (exact) mass is 307 g/mol. The average Bonchev–Trinajstić information content (AvgIpc) is 2.49. The van der Waals surface area contributed by atoms with Crippen LogP contribution in [0.5, 0.6) is 17.2 Å². The fourth-order valence-corrected chi connectivity index (χ4v) is 2.32. The van der Waals surface area contributed by atoms with Gasteiger partial charge in [0, 0.05) is 0 Å². The molecule has 0 aromatic heterocycles. The lowest BCUT2D eigenvalue weighted by atomic mass is 10.2. The Labute approximate surface area is 122 Å². The highest BCUT2D eigenvalue weighted by molar-refractivity contribution is 7.39. The molecule has 0 spiro atoms. The molecule has 0 N–H and O–H groups in total. The number of nitrogens with zero attached hydrogens (tertiary/aromatic N) is 1. The Morgan fingerprint density at radius 3 is 2.15 bits per heavy atom. The van der Waals surface area contributed by atoms with Gasteiger partial charge in [0.25, 0.3) is 0 Å². The van der Waals surface area contributed by atoms with Crippen molar-refractivity contribution in [3.8, 4) is 17.2 Å². The first-order valence-corrected chi connectivity index (χ1v) is 7.59. The number of hydrogen-bond acceptors (Lipinski definition) is 4. The van der Waals surface area contributed by atoms with Crippen LogP contribution >= 0.6 is 17.6 Å². The third kappa shape index (κ3) is 4.80. The maximum atomic E-state index is 5.49. The zero-order chi connectivity index (χ0) is 14.2. The summed E-state index contributed by atoms with van der Waals surface area (Å²) in [4.78, 5) is 0. The largest absolute Gasteiger partial charge is 0.497 e. The lowest BCUT2D eigenvalue weighted by molar-refractivity contribution is 0.414. The van der Waals surface area contributed by atoms with Crippen molar-refractivity contribution < 1.29 is 13.8 Å². The van der Waals surface area contributed by atoms with Gasteiger partial charge in [-0.1, -0.05) is 17.7 Å². The lowest BCUT2D eigenvalue weighted by Crippen LogP contribution is -1.81. The van der Waals surface area contributed by atoms with Crippen molar-refractivity contribution in [2.75, 3.05) is 7.11 Å². The molecule has 6 heteroatoms. The molecule has 0 aliphatic carbocycles. The molecule has 0 heterocycles. The zero-order valence-electron chi connectivity index (χ0n) is 11.2. The maximum Gasteiger partial charge on any atom is 0.249 e. The molecule has 1 atom stereocenters. The molecule has 4 nitrogen and oxygen atoms in total. The van der Waals surface area contributed by atoms with Gasteiger partial charge in [-0.15, -0.1) is 0 Å². The van der Waals surface area contributed by atoms with Crippen molar-refractivity contribution in [3.63, 3.8) is 0 Å². The minimum Gasteiger partial charge on any atom is -0.497 e. The molecule has 2 aromatic rings. The van der Waals surface area contributed by atoms with Crippen LogP contribution in [0.3, 0.4) is 0 Å². The van der Waals surface area contributed by atoms with Crippen molar-refractivity contribution in [1.29, 1.82) is 0 Å². The number of aryl methyl sites for hydroxylation is 1. The molecule has 0 aliphatic rings. The zero-order valence-corrected chi connectivity index (χ0v) is 13.1. The predicted molar refractivity (Wildman–Crippen MR) is 83.1 cm³/mol. The van der Waals surface area contributed by atoms with E-state index in [0.29, 0.717) is 8.60 Å². The molecule has 0 radical (unpaired) electrons. The van der Waals surface area contributed by atoms with Gasteiger partial charge in [0.1, 0.15) is 17.2 Å². The summed E-state index contributed by atoms with van der Waals surface area (Å²) < 4.78 is 20.2. The summed E-state index contributed by atoms with van der Waals surface area (Å²) >= 11 is 0. The van der Waals surface area contributed by atoms with Crippen LogP contribution in [-0.4, -0.2) is 7.11 Å². The molecule has 1 unspecified atom stereocenters. The normalized spacial score (nSPS) is 11.1. The van der Waals surface area contributed by atoms with Gasteiger partial charge in [0.05, 0.1) is 7.11 Å². The van der Waals surface area contributed by atoms with E-state index in [1.165, 1.54) is 5.56 Å². The molecule has 0 bridgehead atoms. The third-order valence-corrected chi connectivity index (χ3v) is 3.74. The smallest absolute Gasteiger partial charge is 0.249 e. The van der Waals surface area contributed by atoms with Crippen LogP contribution in [0.1, 0.15) is 5.56 Å². The van der Waals surface area contributed by atoms with E-state index in [1.807, 2.05) is 55.5 Å². The van der Waals surface area contributed by atoms with E-state index < -0.39 is 0 Å². The highest BCUT2D eigenvalue weighted by Crippen LogP contribution is 2.27.